The van der Waals surface area contributed by atoms with Gasteiger partial charge in [-0.3, -0.25) is 0 Å². The van der Waals surface area contributed by atoms with Crippen molar-refractivity contribution in [1.82, 2.24) is 0 Å². The molecule has 3 bridgehead atoms. The van der Waals surface area contributed by atoms with Gasteiger partial charge in [-0.25, -0.2) is 0 Å². The summed E-state index contributed by atoms with van der Waals surface area (Å²) in [6, 6.07) is 0. The first-order valence-corrected chi connectivity index (χ1v) is 5.76. The molecule has 4 atom stereocenters. The van der Waals surface area contributed by atoms with E-state index in [0.29, 0.717) is 0 Å². The fraction of sp³-hybridized carbons (Fsp3) is 1.00. The molecule has 0 heteroatoms. The van der Waals surface area contributed by atoms with Crippen LogP contribution in [-0.4, -0.2) is 0 Å². The molecule has 3 rings (SSSR count). The van der Waals surface area contributed by atoms with Crippen molar-refractivity contribution in [2.75, 3.05) is 0 Å². The number of fused-ring (bicyclic) bond motifs is 2. The zero-order valence-electron chi connectivity index (χ0n) is 8.18. The zero-order valence-corrected chi connectivity index (χ0v) is 8.18. The first-order chi connectivity index (χ1) is 5.76. The number of rotatable bonds is 0. The second-order valence-electron chi connectivity index (χ2n) is 5.89. The molecule has 3 aliphatic carbocycles. The summed E-state index contributed by atoms with van der Waals surface area (Å²) in [6.07, 6.45) is 11.0. The van der Waals surface area contributed by atoms with Crippen LogP contribution in [-0.2, 0) is 0 Å². The highest BCUT2D eigenvalue weighted by atomic mass is 14.5. The lowest BCUT2D eigenvalue weighted by molar-refractivity contribution is 0.150. The molecular formula is C12H20. The smallest absolute Gasteiger partial charge is 0.0292 e. The van der Waals surface area contributed by atoms with Crippen molar-refractivity contribution in [2.45, 2.75) is 51.9 Å². The molecule has 0 amide bonds. The molecule has 0 nitrogen and oxygen atoms in total. The Hall–Kier alpha value is 0. The molecular weight excluding hydrogens is 144 g/mol. The van der Waals surface area contributed by atoms with Gasteiger partial charge >= 0.3 is 0 Å². The monoisotopic (exact) mass is 164 g/mol. The minimum absolute atomic E-state index is 0.796. The third-order valence-electron chi connectivity index (χ3n) is 4.95. The summed E-state index contributed by atoms with van der Waals surface area (Å²) in [5, 5.41) is 0. The fourth-order valence-electron chi connectivity index (χ4n) is 4.58. The van der Waals surface area contributed by atoms with Crippen molar-refractivity contribution in [3.05, 3.63) is 0 Å². The lowest BCUT2D eigenvalue weighted by Crippen LogP contribution is -2.25. The third-order valence-corrected chi connectivity index (χ3v) is 4.95. The summed E-state index contributed by atoms with van der Waals surface area (Å²) in [5.74, 6) is 3.38. The Labute approximate surface area is 75.7 Å². The van der Waals surface area contributed by atoms with Gasteiger partial charge in [-0.15, -0.1) is 0 Å². The number of hydrogen-bond donors (Lipinski definition) is 0. The van der Waals surface area contributed by atoms with Gasteiger partial charge in [-0.05, 0) is 55.3 Å². The molecule has 3 saturated carbocycles. The van der Waals surface area contributed by atoms with Crippen molar-refractivity contribution in [1.29, 1.82) is 0 Å². The van der Waals surface area contributed by atoms with Gasteiger partial charge in [0.1, 0.15) is 0 Å². The summed E-state index contributed by atoms with van der Waals surface area (Å²) in [4.78, 5) is 0. The van der Waals surface area contributed by atoms with Crippen molar-refractivity contribution < 1.29 is 0 Å². The molecule has 0 aromatic carbocycles. The zero-order chi connectivity index (χ0) is 8.18. The molecule has 3 aliphatic rings. The molecule has 0 aromatic rings. The van der Waals surface area contributed by atoms with Crippen LogP contribution >= 0.6 is 0 Å². The summed E-state index contributed by atoms with van der Waals surface area (Å²) in [7, 11) is 0. The van der Waals surface area contributed by atoms with E-state index >= 15 is 0 Å². The Morgan fingerprint density at radius 1 is 1.00 bits per heavy atom. The van der Waals surface area contributed by atoms with Crippen LogP contribution < -0.4 is 0 Å². The number of hydrogen-bond acceptors (Lipinski definition) is 0. The summed E-state index contributed by atoms with van der Waals surface area (Å²) < 4.78 is 0. The molecule has 0 radical (unpaired) electrons. The minimum atomic E-state index is 0.796. The average molecular weight is 164 g/mol. The van der Waals surface area contributed by atoms with Crippen LogP contribution in [0.5, 0.6) is 0 Å². The Morgan fingerprint density at radius 3 is 2.75 bits per heavy atom. The van der Waals surface area contributed by atoms with E-state index < -0.39 is 0 Å². The van der Waals surface area contributed by atoms with E-state index in [1.807, 2.05) is 0 Å². The largest absolute Gasteiger partial charge is 0.0594 e. The van der Waals surface area contributed by atoms with Gasteiger partial charge < -0.3 is 0 Å². The first kappa shape index (κ1) is 7.41. The highest BCUT2D eigenvalue weighted by Gasteiger charge is 2.49. The molecule has 0 saturated heterocycles. The van der Waals surface area contributed by atoms with Crippen molar-refractivity contribution in [3.8, 4) is 0 Å². The molecule has 0 heterocycles. The van der Waals surface area contributed by atoms with Crippen LogP contribution in [0.3, 0.4) is 0 Å². The van der Waals surface area contributed by atoms with Gasteiger partial charge in [0, 0.05) is 0 Å². The van der Waals surface area contributed by atoms with Crippen LogP contribution in [0, 0.1) is 23.2 Å². The second-order valence-corrected chi connectivity index (χ2v) is 5.89. The van der Waals surface area contributed by atoms with Crippen LogP contribution in [0.2, 0.25) is 0 Å². The van der Waals surface area contributed by atoms with Crippen LogP contribution in [0.4, 0.5) is 0 Å². The molecule has 4 unspecified atom stereocenters. The molecule has 0 aliphatic heterocycles. The summed E-state index contributed by atoms with van der Waals surface area (Å²) in [5.41, 5.74) is 0.796. The molecule has 0 N–H and O–H groups in total. The van der Waals surface area contributed by atoms with Gasteiger partial charge in [0.15, 0.2) is 0 Å². The summed E-state index contributed by atoms with van der Waals surface area (Å²) >= 11 is 0. The Balaban J connectivity index is 1.96. The van der Waals surface area contributed by atoms with Gasteiger partial charge in [0.25, 0.3) is 0 Å². The van der Waals surface area contributed by atoms with E-state index in [2.05, 4.69) is 6.92 Å². The summed E-state index contributed by atoms with van der Waals surface area (Å²) in [6.45, 7) is 2.58. The van der Waals surface area contributed by atoms with E-state index in [0.717, 1.165) is 23.2 Å². The maximum Gasteiger partial charge on any atom is -0.0292 e. The Kier molecular flexibility index (Phi) is 1.40. The van der Waals surface area contributed by atoms with E-state index in [4.69, 9.17) is 0 Å². The predicted octanol–water partition coefficient (Wildman–Crippen LogP) is 3.61. The SMILES string of the molecule is CC12CC3CCCC1CC(C3)C2. The Morgan fingerprint density at radius 2 is 1.83 bits per heavy atom. The van der Waals surface area contributed by atoms with Gasteiger partial charge in [-0.1, -0.05) is 19.8 Å². The highest BCUT2D eigenvalue weighted by Crippen LogP contribution is 2.60. The average Bonchev–Trinajstić information content (AvgIpc) is 2.13. The third kappa shape index (κ3) is 0.900. The standard InChI is InChI=1S/C12H20/c1-12-7-9-3-2-4-11(12)6-10(5-9)8-12/h9-11H,2-8H2,1H3. The van der Waals surface area contributed by atoms with E-state index in [-0.39, 0.29) is 0 Å². The minimum Gasteiger partial charge on any atom is -0.0594 e. The maximum atomic E-state index is 2.58. The topological polar surface area (TPSA) is 0 Å². The quantitative estimate of drug-likeness (QED) is 0.513. The molecule has 3 fully saturated rings. The van der Waals surface area contributed by atoms with E-state index in [1.54, 1.807) is 38.5 Å². The predicted molar refractivity (Wildman–Crippen MR) is 50.9 cm³/mol. The van der Waals surface area contributed by atoms with Crippen LogP contribution in [0.1, 0.15) is 51.9 Å². The molecule has 0 spiro atoms. The second kappa shape index (κ2) is 2.27. The fourth-order valence-corrected chi connectivity index (χ4v) is 4.58. The van der Waals surface area contributed by atoms with Crippen LogP contribution in [0.25, 0.3) is 0 Å². The molecule has 68 valence electrons. The van der Waals surface area contributed by atoms with Crippen molar-refractivity contribution >= 4 is 0 Å². The maximum absolute atomic E-state index is 2.58. The lowest BCUT2D eigenvalue weighted by Gasteiger charge is -2.35. The van der Waals surface area contributed by atoms with Crippen LogP contribution in [0.15, 0.2) is 0 Å². The van der Waals surface area contributed by atoms with E-state index in [1.165, 1.54) is 6.42 Å². The highest BCUT2D eigenvalue weighted by molar-refractivity contribution is 5.00. The normalized spacial score (nSPS) is 57.2. The Bertz CT molecular complexity index is 196. The first-order valence-electron chi connectivity index (χ1n) is 5.76. The van der Waals surface area contributed by atoms with Gasteiger partial charge in [0.2, 0.25) is 0 Å². The van der Waals surface area contributed by atoms with Crippen molar-refractivity contribution in [2.24, 2.45) is 23.2 Å². The lowest BCUT2D eigenvalue weighted by atomic mass is 9.70. The molecule has 0 aromatic heterocycles. The van der Waals surface area contributed by atoms with Gasteiger partial charge in [0.05, 0.1) is 0 Å². The van der Waals surface area contributed by atoms with Gasteiger partial charge in [-0.2, -0.15) is 0 Å². The molecule has 12 heavy (non-hydrogen) atoms. The van der Waals surface area contributed by atoms with E-state index in [9.17, 15) is 0 Å². The van der Waals surface area contributed by atoms with Crippen molar-refractivity contribution in [3.63, 3.8) is 0 Å².